The van der Waals surface area contributed by atoms with Crippen molar-refractivity contribution in [3.63, 3.8) is 0 Å². The number of hydrogen-bond donors (Lipinski definition) is 1. The summed E-state index contributed by atoms with van der Waals surface area (Å²) in [5.74, 6) is -1.03. The minimum absolute atomic E-state index is 0.0216. The number of carbonyl (C=O) groups is 2. The summed E-state index contributed by atoms with van der Waals surface area (Å²) < 4.78 is 0.669. The van der Waals surface area contributed by atoms with Crippen LogP contribution in [0.4, 0.5) is 0 Å². The molecule has 1 aliphatic carbocycles. The van der Waals surface area contributed by atoms with Crippen molar-refractivity contribution in [3.8, 4) is 0 Å². The molecule has 0 aliphatic heterocycles. The molecule has 2 rings (SSSR count). The molecule has 1 N–H and O–H groups in total. The van der Waals surface area contributed by atoms with Gasteiger partial charge in [-0.2, -0.15) is 0 Å². The fourth-order valence-electron chi connectivity index (χ4n) is 1.72. The largest absolute Gasteiger partial charge is 0.481 e. The lowest BCUT2D eigenvalue weighted by Crippen LogP contribution is -2.35. The number of amides is 1. The van der Waals surface area contributed by atoms with Gasteiger partial charge in [-0.1, -0.05) is 0 Å². The quantitative estimate of drug-likeness (QED) is 0.843. The van der Waals surface area contributed by atoms with E-state index in [9.17, 15) is 9.59 Å². The van der Waals surface area contributed by atoms with Gasteiger partial charge in [-0.25, -0.2) is 4.98 Å². The molecule has 1 amide bonds. The van der Waals surface area contributed by atoms with Crippen LogP contribution in [0, 0.1) is 0 Å². The van der Waals surface area contributed by atoms with Crippen molar-refractivity contribution in [2.45, 2.75) is 25.3 Å². The van der Waals surface area contributed by atoms with Gasteiger partial charge in [0.25, 0.3) is 5.91 Å². The normalized spacial score (nSPS) is 14.3. The smallest absolute Gasteiger partial charge is 0.305 e. The van der Waals surface area contributed by atoms with Crippen molar-refractivity contribution in [2.24, 2.45) is 0 Å². The lowest BCUT2D eigenvalue weighted by Gasteiger charge is -2.21. The molecule has 1 fully saturated rings. The molecule has 0 bridgehead atoms. The molecular formula is C12H13BrN2O3. The van der Waals surface area contributed by atoms with Crippen molar-refractivity contribution in [2.75, 3.05) is 6.54 Å². The highest BCUT2D eigenvalue weighted by molar-refractivity contribution is 9.10. The van der Waals surface area contributed by atoms with E-state index in [1.165, 1.54) is 6.20 Å². The topological polar surface area (TPSA) is 70.5 Å². The van der Waals surface area contributed by atoms with Gasteiger partial charge in [0, 0.05) is 18.8 Å². The van der Waals surface area contributed by atoms with Gasteiger partial charge in [0.15, 0.2) is 0 Å². The molecule has 0 spiro atoms. The van der Waals surface area contributed by atoms with E-state index in [0.717, 1.165) is 12.8 Å². The van der Waals surface area contributed by atoms with Crippen molar-refractivity contribution < 1.29 is 14.7 Å². The Morgan fingerprint density at radius 1 is 1.44 bits per heavy atom. The number of aromatic nitrogens is 1. The summed E-state index contributed by atoms with van der Waals surface area (Å²) in [6, 6.07) is 3.59. The molecule has 1 aromatic rings. The Morgan fingerprint density at radius 3 is 2.67 bits per heavy atom. The molecule has 1 saturated carbocycles. The van der Waals surface area contributed by atoms with Gasteiger partial charge in [0.2, 0.25) is 0 Å². The van der Waals surface area contributed by atoms with Crippen LogP contribution >= 0.6 is 15.9 Å². The molecule has 0 saturated heterocycles. The molecule has 96 valence electrons. The minimum Gasteiger partial charge on any atom is -0.481 e. The minimum atomic E-state index is -0.887. The molecule has 18 heavy (non-hydrogen) atoms. The Bertz CT molecular complexity index is 457. The number of rotatable bonds is 5. The first-order chi connectivity index (χ1) is 8.58. The van der Waals surface area contributed by atoms with E-state index >= 15 is 0 Å². The summed E-state index contributed by atoms with van der Waals surface area (Å²) in [6.07, 6.45) is 3.39. The van der Waals surface area contributed by atoms with Crippen LogP contribution in [0.3, 0.4) is 0 Å². The lowest BCUT2D eigenvalue weighted by molar-refractivity contribution is -0.137. The van der Waals surface area contributed by atoms with E-state index in [1.807, 2.05) is 0 Å². The molecule has 0 unspecified atom stereocenters. The highest BCUT2D eigenvalue weighted by Gasteiger charge is 2.33. The van der Waals surface area contributed by atoms with Crippen molar-refractivity contribution in [3.05, 3.63) is 28.5 Å². The second-order valence-corrected chi connectivity index (χ2v) is 5.06. The monoisotopic (exact) mass is 312 g/mol. The molecule has 6 heteroatoms. The predicted octanol–water partition coefficient (Wildman–Crippen LogP) is 1.92. The third-order valence-electron chi connectivity index (χ3n) is 2.79. The number of hydrogen-bond acceptors (Lipinski definition) is 3. The molecule has 1 aliphatic rings. The number of nitrogens with zero attached hydrogens (tertiary/aromatic N) is 2. The molecule has 5 nitrogen and oxygen atoms in total. The van der Waals surface area contributed by atoms with Crippen LogP contribution in [0.5, 0.6) is 0 Å². The first-order valence-electron chi connectivity index (χ1n) is 5.72. The number of aliphatic carboxylic acids is 1. The highest BCUT2D eigenvalue weighted by Crippen LogP contribution is 2.28. The molecule has 1 aromatic heterocycles. The van der Waals surface area contributed by atoms with Crippen LogP contribution in [0.25, 0.3) is 0 Å². The van der Waals surface area contributed by atoms with Crippen LogP contribution in [-0.4, -0.2) is 39.5 Å². The Labute approximate surface area is 113 Å². The van der Waals surface area contributed by atoms with E-state index < -0.39 is 5.97 Å². The predicted molar refractivity (Wildman–Crippen MR) is 68.2 cm³/mol. The van der Waals surface area contributed by atoms with E-state index in [4.69, 9.17) is 5.11 Å². The lowest BCUT2D eigenvalue weighted by atomic mass is 10.2. The van der Waals surface area contributed by atoms with Gasteiger partial charge >= 0.3 is 5.97 Å². The van der Waals surface area contributed by atoms with E-state index in [0.29, 0.717) is 10.2 Å². The second-order valence-electron chi connectivity index (χ2n) is 4.24. The highest BCUT2D eigenvalue weighted by atomic mass is 79.9. The molecule has 0 radical (unpaired) electrons. The zero-order valence-electron chi connectivity index (χ0n) is 9.67. The Morgan fingerprint density at radius 2 is 2.17 bits per heavy atom. The molecule has 0 atom stereocenters. The Balaban J connectivity index is 2.07. The van der Waals surface area contributed by atoms with Crippen molar-refractivity contribution in [1.82, 2.24) is 9.88 Å². The summed E-state index contributed by atoms with van der Waals surface area (Å²) in [6.45, 7) is 0.259. The Hall–Kier alpha value is -1.43. The van der Waals surface area contributed by atoms with Gasteiger partial charge in [0.05, 0.1) is 12.0 Å². The van der Waals surface area contributed by atoms with Crippen LogP contribution in [0.2, 0.25) is 0 Å². The van der Waals surface area contributed by atoms with Gasteiger partial charge in [0.1, 0.15) is 4.60 Å². The van der Waals surface area contributed by atoms with Crippen LogP contribution in [0.1, 0.15) is 29.6 Å². The third-order valence-corrected chi connectivity index (χ3v) is 3.26. The van der Waals surface area contributed by atoms with E-state index in [-0.39, 0.29) is 24.9 Å². The first-order valence-corrected chi connectivity index (χ1v) is 6.51. The fourth-order valence-corrected chi connectivity index (χ4v) is 1.95. The van der Waals surface area contributed by atoms with Crippen molar-refractivity contribution >= 4 is 27.8 Å². The zero-order chi connectivity index (χ0) is 13.1. The average molecular weight is 313 g/mol. The van der Waals surface area contributed by atoms with E-state index in [1.54, 1.807) is 17.0 Å². The summed E-state index contributed by atoms with van der Waals surface area (Å²) in [7, 11) is 0. The average Bonchev–Trinajstić information content (AvgIpc) is 3.14. The summed E-state index contributed by atoms with van der Waals surface area (Å²) in [5, 5.41) is 8.70. The van der Waals surface area contributed by atoms with E-state index in [2.05, 4.69) is 20.9 Å². The van der Waals surface area contributed by atoms with Gasteiger partial charge in [-0.05, 0) is 40.9 Å². The van der Waals surface area contributed by atoms with Gasteiger partial charge in [-0.3, -0.25) is 9.59 Å². The number of pyridine rings is 1. The van der Waals surface area contributed by atoms with Crippen LogP contribution in [-0.2, 0) is 4.79 Å². The maximum atomic E-state index is 12.2. The number of halogens is 1. The SMILES string of the molecule is O=C(O)CCN(C(=O)c1ccc(Br)nc1)C1CC1. The number of carboxylic acid groups (broad SMARTS) is 1. The first kappa shape index (κ1) is 13.0. The molecule has 0 aromatic carbocycles. The maximum absolute atomic E-state index is 12.2. The summed E-state index contributed by atoms with van der Waals surface area (Å²) in [5.41, 5.74) is 0.496. The Kier molecular flexibility index (Phi) is 3.96. The number of carboxylic acids is 1. The molecular weight excluding hydrogens is 300 g/mol. The second kappa shape index (κ2) is 5.48. The zero-order valence-corrected chi connectivity index (χ0v) is 11.3. The van der Waals surface area contributed by atoms with Crippen LogP contribution in [0.15, 0.2) is 22.9 Å². The fraction of sp³-hybridized carbons (Fsp3) is 0.417. The molecule has 1 heterocycles. The maximum Gasteiger partial charge on any atom is 0.305 e. The summed E-state index contributed by atoms with van der Waals surface area (Å²) >= 11 is 3.21. The van der Waals surface area contributed by atoms with Gasteiger partial charge in [-0.15, -0.1) is 0 Å². The van der Waals surface area contributed by atoms with Gasteiger partial charge < -0.3 is 10.0 Å². The van der Waals surface area contributed by atoms with Crippen molar-refractivity contribution in [1.29, 1.82) is 0 Å². The standard InChI is InChI=1S/C12H13BrN2O3/c13-10-4-1-8(7-14-10)12(18)15(9-2-3-9)6-5-11(16)17/h1,4,7,9H,2-3,5-6H2,(H,16,17). The number of carbonyl (C=O) groups excluding carboxylic acids is 1. The third kappa shape index (κ3) is 3.29. The summed E-state index contributed by atoms with van der Waals surface area (Å²) in [4.78, 5) is 28.5. The van der Waals surface area contributed by atoms with Crippen LogP contribution < -0.4 is 0 Å².